The fraction of sp³-hybridized carbons (Fsp3) is 0.105. The highest BCUT2D eigenvalue weighted by molar-refractivity contribution is 8.18. The number of carbonyl (C=O) groups excluding carboxylic acids is 2. The molecule has 0 unspecified atom stereocenters. The maximum absolute atomic E-state index is 12.7. The molecule has 2 aliphatic rings. The predicted molar refractivity (Wildman–Crippen MR) is 106 cm³/mol. The van der Waals surface area contributed by atoms with Crippen molar-refractivity contribution >= 4 is 57.3 Å². The van der Waals surface area contributed by atoms with Gasteiger partial charge in [0.25, 0.3) is 11.8 Å². The van der Waals surface area contributed by atoms with Crippen molar-refractivity contribution in [1.82, 2.24) is 5.32 Å². The van der Waals surface area contributed by atoms with E-state index in [4.69, 9.17) is 11.6 Å². The first-order chi connectivity index (χ1) is 12.4. The van der Waals surface area contributed by atoms with Crippen molar-refractivity contribution in [3.63, 3.8) is 0 Å². The summed E-state index contributed by atoms with van der Waals surface area (Å²) < 4.78 is 0. The molecule has 4 rings (SSSR count). The van der Waals surface area contributed by atoms with E-state index < -0.39 is 0 Å². The second kappa shape index (κ2) is 6.30. The molecule has 0 saturated carbocycles. The Morgan fingerprint density at radius 2 is 1.85 bits per heavy atom. The Labute approximate surface area is 159 Å². The summed E-state index contributed by atoms with van der Waals surface area (Å²) in [6, 6.07) is 12.8. The highest BCUT2D eigenvalue weighted by Crippen LogP contribution is 2.42. The van der Waals surface area contributed by atoms with E-state index in [1.165, 1.54) is 11.8 Å². The van der Waals surface area contributed by atoms with E-state index in [1.807, 2.05) is 25.1 Å². The van der Waals surface area contributed by atoms with Crippen molar-refractivity contribution in [3.05, 3.63) is 63.5 Å². The van der Waals surface area contributed by atoms with Crippen LogP contribution in [0.4, 0.5) is 11.4 Å². The standard InChI is InChI=1S/C19H14ClN3O2S/c1-10-3-8-14-13(9-10)15(18(25)23(14)2)16-17(24)22-19(26-16)21-12-6-4-11(20)5-7-12/h3-9H,1-2H3,(H,21,22,24)/b16-15+. The lowest BCUT2D eigenvalue weighted by Gasteiger charge is -2.08. The lowest BCUT2D eigenvalue weighted by molar-refractivity contribution is -0.116. The summed E-state index contributed by atoms with van der Waals surface area (Å²) in [6.45, 7) is 1.96. The van der Waals surface area contributed by atoms with E-state index in [2.05, 4.69) is 10.3 Å². The molecule has 2 heterocycles. The molecule has 0 spiro atoms. The van der Waals surface area contributed by atoms with Gasteiger partial charge in [0.2, 0.25) is 0 Å². The Balaban J connectivity index is 1.76. The molecule has 1 fully saturated rings. The molecule has 0 aliphatic carbocycles. The number of aryl methyl sites for hydroxylation is 1. The number of benzene rings is 2. The second-order valence-electron chi connectivity index (χ2n) is 6.04. The molecule has 0 atom stereocenters. The summed E-state index contributed by atoms with van der Waals surface area (Å²) in [5.74, 6) is -0.496. The van der Waals surface area contributed by atoms with E-state index in [0.29, 0.717) is 26.4 Å². The SMILES string of the molecule is Cc1ccc2c(c1)/C(=C1\SC(=Nc3ccc(Cl)cc3)NC1=O)C(=O)N2C. The normalized spacial score (nSPS) is 20.7. The Morgan fingerprint density at radius 1 is 1.12 bits per heavy atom. The quantitative estimate of drug-likeness (QED) is 0.760. The smallest absolute Gasteiger partial charge is 0.264 e. The van der Waals surface area contributed by atoms with Gasteiger partial charge in [0.15, 0.2) is 5.17 Å². The summed E-state index contributed by atoms with van der Waals surface area (Å²) >= 11 is 7.06. The molecule has 2 aromatic rings. The van der Waals surface area contributed by atoms with Crippen LogP contribution >= 0.6 is 23.4 Å². The summed E-state index contributed by atoms with van der Waals surface area (Å²) in [5, 5.41) is 3.80. The highest BCUT2D eigenvalue weighted by Gasteiger charge is 2.38. The monoisotopic (exact) mass is 383 g/mol. The van der Waals surface area contributed by atoms with Crippen LogP contribution < -0.4 is 10.2 Å². The summed E-state index contributed by atoms with van der Waals surface area (Å²) in [6.07, 6.45) is 0. The average Bonchev–Trinajstić information content (AvgIpc) is 3.07. The van der Waals surface area contributed by atoms with E-state index in [0.717, 1.165) is 16.8 Å². The zero-order valence-electron chi connectivity index (χ0n) is 14.0. The molecule has 5 nitrogen and oxygen atoms in total. The van der Waals surface area contributed by atoms with Crippen LogP contribution in [-0.4, -0.2) is 24.0 Å². The van der Waals surface area contributed by atoms with Crippen LogP contribution in [0.2, 0.25) is 5.02 Å². The number of hydrogen-bond acceptors (Lipinski definition) is 4. The molecule has 7 heteroatoms. The van der Waals surface area contributed by atoms with Crippen LogP contribution in [0.3, 0.4) is 0 Å². The molecule has 1 N–H and O–H groups in total. The zero-order valence-corrected chi connectivity index (χ0v) is 15.6. The van der Waals surface area contributed by atoms with Gasteiger partial charge in [0.1, 0.15) is 0 Å². The number of anilines is 1. The first-order valence-corrected chi connectivity index (χ1v) is 9.10. The molecule has 26 heavy (non-hydrogen) atoms. The Kier molecular flexibility index (Phi) is 4.09. The van der Waals surface area contributed by atoms with Crippen molar-refractivity contribution in [2.45, 2.75) is 6.92 Å². The number of likely N-dealkylation sites (N-methyl/N-ethyl adjacent to an activating group) is 1. The van der Waals surface area contributed by atoms with Crippen LogP contribution in [0.25, 0.3) is 5.57 Å². The molecule has 130 valence electrons. The summed E-state index contributed by atoms with van der Waals surface area (Å²) in [5.41, 5.74) is 3.72. The Bertz CT molecular complexity index is 1010. The highest BCUT2D eigenvalue weighted by atomic mass is 35.5. The van der Waals surface area contributed by atoms with Crippen LogP contribution in [0.15, 0.2) is 52.4 Å². The lowest BCUT2D eigenvalue weighted by atomic mass is 10.0. The minimum Gasteiger partial charge on any atom is -0.311 e. The van der Waals surface area contributed by atoms with Gasteiger partial charge >= 0.3 is 0 Å². The minimum atomic E-state index is -0.311. The van der Waals surface area contributed by atoms with Crippen LogP contribution in [-0.2, 0) is 9.59 Å². The number of fused-ring (bicyclic) bond motifs is 1. The van der Waals surface area contributed by atoms with E-state index in [-0.39, 0.29) is 11.8 Å². The number of amides is 2. The maximum Gasteiger partial charge on any atom is 0.264 e. The Hall–Kier alpha value is -2.57. The van der Waals surface area contributed by atoms with Crippen molar-refractivity contribution < 1.29 is 9.59 Å². The van der Waals surface area contributed by atoms with E-state index >= 15 is 0 Å². The van der Waals surface area contributed by atoms with Gasteiger partial charge in [-0.05, 0) is 55.1 Å². The maximum atomic E-state index is 12.7. The molecule has 0 radical (unpaired) electrons. The number of aliphatic imine (C=N–C) groups is 1. The number of carbonyl (C=O) groups is 2. The van der Waals surface area contributed by atoms with Gasteiger partial charge in [0, 0.05) is 17.6 Å². The van der Waals surface area contributed by atoms with Crippen LogP contribution in [0.1, 0.15) is 11.1 Å². The van der Waals surface area contributed by atoms with Crippen molar-refractivity contribution in [1.29, 1.82) is 0 Å². The number of amidine groups is 1. The van der Waals surface area contributed by atoms with Gasteiger partial charge in [0.05, 0.1) is 21.9 Å². The van der Waals surface area contributed by atoms with Crippen LogP contribution in [0, 0.1) is 6.92 Å². The van der Waals surface area contributed by atoms with Crippen molar-refractivity contribution in [2.24, 2.45) is 4.99 Å². The molecule has 2 aromatic carbocycles. The number of hydrogen-bond donors (Lipinski definition) is 1. The first kappa shape index (κ1) is 16.9. The van der Waals surface area contributed by atoms with Crippen molar-refractivity contribution in [3.8, 4) is 0 Å². The molecular weight excluding hydrogens is 370 g/mol. The summed E-state index contributed by atoms with van der Waals surface area (Å²) in [4.78, 5) is 31.6. The largest absolute Gasteiger partial charge is 0.311 e. The molecule has 2 aliphatic heterocycles. The van der Waals surface area contributed by atoms with Gasteiger partial charge in [-0.15, -0.1) is 0 Å². The topological polar surface area (TPSA) is 61.8 Å². The predicted octanol–water partition coefficient (Wildman–Crippen LogP) is 3.89. The fourth-order valence-corrected chi connectivity index (χ4v) is 3.98. The van der Waals surface area contributed by atoms with Crippen LogP contribution in [0.5, 0.6) is 0 Å². The van der Waals surface area contributed by atoms with Gasteiger partial charge in [-0.2, -0.15) is 0 Å². The number of halogens is 1. The van der Waals surface area contributed by atoms with E-state index in [1.54, 1.807) is 36.2 Å². The minimum absolute atomic E-state index is 0.184. The fourth-order valence-electron chi connectivity index (χ4n) is 2.92. The van der Waals surface area contributed by atoms with E-state index in [9.17, 15) is 9.59 Å². The third-order valence-electron chi connectivity index (χ3n) is 4.21. The molecule has 0 bridgehead atoms. The second-order valence-corrected chi connectivity index (χ2v) is 7.47. The number of rotatable bonds is 1. The third kappa shape index (κ3) is 2.81. The number of thioether (sulfide) groups is 1. The summed E-state index contributed by atoms with van der Waals surface area (Å²) in [7, 11) is 1.71. The number of nitrogens with one attached hydrogen (secondary N) is 1. The molecule has 1 saturated heterocycles. The Morgan fingerprint density at radius 3 is 2.58 bits per heavy atom. The molecular formula is C19H14ClN3O2S. The van der Waals surface area contributed by atoms with Gasteiger partial charge in [-0.3, -0.25) is 9.59 Å². The average molecular weight is 384 g/mol. The first-order valence-electron chi connectivity index (χ1n) is 7.91. The molecule has 0 aromatic heterocycles. The molecule has 2 amide bonds. The third-order valence-corrected chi connectivity index (χ3v) is 5.44. The lowest BCUT2D eigenvalue weighted by Crippen LogP contribution is -2.23. The van der Waals surface area contributed by atoms with Crippen molar-refractivity contribution in [2.75, 3.05) is 11.9 Å². The zero-order chi connectivity index (χ0) is 18.4. The number of nitrogens with zero attached hydrogens (tertiary/aromatic N) is 2. The van der Waals surface area contributed by atoms with Gasteiger partial charge < -0.3 is 10.2 Å². The van der Waals surface area contributed by atoms with Gasteiger partial charge in [-0.25, -0.2) is 4.99 Å². The van der Waals surface area contributed by atoms with Gasteiger partial charge in [-0.1, -0.05) is 23.2 Å².